The number of rotatable bonds is 1. The molecular formula is C17H15N3O4. The summed E-state index contributed by atoms with van der Waals surface area (Å²) in [6, 6.07) is 8.89. The Morgan fingerprint density at radius 2 is 2.08 bits per heavy atom. The lowest BCUT2D eigenvalue weighted by Crippen LogP contribution is -2.47. The number of hydrogen-bond donors (Lipinski definition) is 1. The molecular weight excluding hydrogens is 310 g/mol. The summed E-state index contributed by atoms with van der Waals surface area (Å²) in [6.45, 7) is 1.52. The molecule has 1 aromatic carbocycles. The van der Waals surface area contributed by atoms with E-state index in [2.05, 4.69) is 0 Å². The quantitative estimate of drug-likeness (QED) is 0.774. The third kappa shape index (κ3) is 1.65. The number of anilines is 1. The molecule has 1 spiro atoms. The number of ether oxygens (including phenoxy) is 2. The first-order chi connectivity index (χ1) is 11.4. The van der Waals surface area contributed by atoms with Crippen molar-refractivity contribution in [3.05, 3.63) is 52.6 Å². The van der Waals surface area contributed by atoms with Crippen molar-refractivity contribution in [2.45, 2.75) is 12.3 Å². The van der Waals surface area contributed by atoms with Crippen LogP contribution in [-0.4, -0.2) is 26.0 Å². The number of nitrogens with zero attached hydrogens (tertiary/aromatic N) is 2. The fourth-order valence-corrected chi connectivity index (χ4v) is 3.42. The van der Waals surface area contributed by atoms with Gasteiger partial charge in [0, 0.05) is 18.3 Å². The average molecular weight is 325 g/mol. The van der Waals surface area contributed by atoms with Crippen molar-refractivity contribution in [3.63, 3.8) is 0 Å². The normalized spacial score (nSPS) is 22.4. The molecule has 7 heteroatoms. The number of nitrogens with two attached hydrogens (primary N) is 1. The van der Waals surface area contributed by atoms with Gasteiger partial charge in [-0.2, -0.15) is 5.26 Å². The highest BCUT2D eigenvalue weighted by Gasteiger charge is 2.61. The maximum absolute atomic E-state index is 13.2. The summed E-state index contributed by atoms with van der Waals surface area (Å²) in [5.74, 6) is -1.25. The van der Waals surface area contributed by atoms with Gasteiger partial charge in [0.1, 0.15) is 23.0 Å². The number of hydrogen-bond acceptors (Lipinski definition) is 6. The molecule has 1 atom stereocenters. The second-order valence-electron chi connectivity index (χ2n) is 5.51. The molecule has 3 rings (SSSR count). The molecule has 1 aromatic rings. The van der Waals surface area contributed by atoms with E-state index in [4.69, 9.17) is 15.2 Å². The lowest BCUT2D eigenvalue weighted by molar-refractivity contribution is -0.138. The number of allylic oxidation sites excluding steroid dienone is 1. The number of carbonyl (C=O) groups excluding carboxylic acids is 2. The fraction of sp³-hybridized carbons (Fsp3) is 0.235. The molecule has 0 unspecified atom stereocenters. The molecule has 24 heavy (non-hydrogen) atoms. The van der Waals surface area contributed by atoms with Crippen molar-refractivity contribution < 1.29 is 19.1 Å². The van der Waals surface area contributed by atoms with Crippen molar-refractivity contribution in [1.29, 1.82) is 5.26 Å². The van der Waals surface area contributed by atoms with Crippen LogP contribution in [0.15, 0.2) is 47.1 Å². The van der Waals surface area contributed by atoms with E-state index in [9.17, 15) is 14.9 Å². The van der Waals surface area contributed by atoms with Crippen molar-refractivity contribution in [3.8, 4) is 6.07 Å². The fourth-order valence-electron chi connectivity index (χ4n) is 3.42. The highest BCUT2D eigenvalue weighted by Crippen LogP contribution is 2.53. The van der Waals surface area contributed by atoms with E-state index < -0.39 is 17.3 Å². The zero-order valence-corrected chi connectivity index (χ0v) is 13.4. The molecule has 1 amide bonds. The summed E-state index contributed by atoms with van der Waals surface area (Å²) in [4.78, 5) is 27.1. The highest BCUT2D eigenvalue weighted by atomic mass is 16.5. The van der Waals surface area contributed by atoms with Crippen molar-refractivity contribution in [2.24, 2.45) is 5.73 Å². The van der Waals surface area contributed by atoms with Crippen LogP contribution in [0.2, 0.25) is 0 Å². The second-order valence-corrected chi connectivity index (χ2v) is 5.51. The van der Waals surface area contributed by atoms with E-state index in [1.54, 1.807) is 31.3 Å². The van der Waals surface area contributed by atoms with Gasteiger partial charge in [0.2, 0.25) is 11.8 Å². The molecule has 0 fully saturated rings. The summed E-state index contributed by atoms with van der Waals surface area (Å²) < 4.78 is 10.2. The second kappa shape index (κ2) is 5.13. The topological polar surface area (TPSA) is 106 Å². The molecule has 0 radical (unpaired) electrons. The zero-order chi connectivity index (χ0) is 17.6. The number of fused-ring (bicyclic) bond motifs is 2. The van der Waals surface area contributed by atoms with Crippen LogP contribution in [0, 0.1) is 11.3 Å². The van der Waals surface area contributed by atoms with Gasteiger partial charge < -0.3 is 20.1 Å². The third-order valence-corrected chi connectivity index (χ3v) is 4.41. The number of carbonyl (C=O) groups is 2. The van der Waals surface area contributed by atoms with Crippen LogP contribution in [0.25, 0.3) is 0 Å². The number of para-hydroxylation sites is 1. The summed E-state index contributed by atoms with van der Waals surface area (Å²) in [6.07, 6.45) is 0. The number of likely N-dealkylation sites (N-methyl/N-ethyl adjacent to an activating group) is 1. The van der Waals surface area contributed by atoms with Crippen LogP contribution >= 0.6 is 0 Å². The summed E-state index contributed by atoms with van der Waals surface area (Å²) >= 11 is 0. The predicted molar refractivity (Wildman–Crippen MR) is 84.2 cm³/mol. The van der Waals surface area contributed by atoms with Crippen LogP contribution in [0.3, 0.4) is 0 Å². The third-order valence-electron chi connectivity index (χ3n) is 4.41. The summed E-state index contributed by atoms with van der Waals surface area (Å²) in [5, 5.41) is 9.66. The average Bonchev–Trinajstić information content (AvgIpc) is 2.78. The van der Waals surface area contributed by atoms with Crippen LogP contribution in [0.1, 0.15) is 12.5 Å². The van der Waals surface area contributed by atoms with Crippen LogP contribution in [0.4, 0.5) is 5.69 Å². The molecule has 0 bridgehead atoms. The number of benzene rings is 1. The zero-order valence-electron chi connectivity index (χ0n) is 13.4. The first kappa shape index (κ1) is 15.6. The Kier molecular flexibility index (Phi) is 3.34. The predicted octanol–water partition coefficient (Wildman–Crippen LogP) is 1.07. The smallest absolute Gasteiger partial charge is 0.339 e. The molecule has 2 N–H and O–H groups in total. The molecule has 2 aliphatic rings. The van der Waals surface area contributed by atoms with E-state index in [0.29, 0.717) is 11.3 Å². The van der Waals surface area contributed by atoms with Crippen molar-refractivity contribution in [1.82, 2.24) is 0 Å². The lowest BCUT2D eigenvalue weighted by Gasteiger charge is -2.34. The van der Waals surface area contributed by atoms with Gasteiger partial charge in [0.15, 0.2) is 5.41 Å². The standard InChI is InChI=1S/C17H15N3O4/c1-9-13(15(21)23-3)17(11(8-18)14(19)24-9)10-6-4-5-7-12(10)20(2)16(17)22/h4-7H,19H2,1-3H3/t17-/m0/s1. The van der Waals surface area contributed by atoms with Crippen LogP contribution < -0.4 is 10.6 Å². The van der Waals surface area contributed by atoms with Gasteiger partial charge in [0.05, 0.1) is 7.11 Å². The van der Waals surface area contributed by atoms with Gasteiger partial charge in [-0.1, -0.05) is 18.2 Å². The largest absolute Gasteiger partial charge is 0.466 e. The van der Waals surface area contributed by atoms with E-state index in [1.807, 2.05) is 6.07 Å². The number of esters is 1. The maximum atomic E-state index is 13.2. The van der Waals surface area contributed by atoms with Crippen molar-refractivity contribution in [2.75, 3.05) is 19.1 Å². The molecule has 2 aliphatic heterocycles. The molecule has 2 heterocycles. The van der Waals surface area contributed by atoms with Gasteiger partial charge in [-0.05, 0) is 13.0 Å². The minimum absolute atomic E-state index is 0.0300. The van der Waals surface area contributed by atoms with E-state index in [-0.39, 0.29) is 22.8 Å². The van der Waals surface area contributed by atoms with Gasteiger partial charge in [-0.3, -0.25) is 4.79 Å². The Morgan fingerprint density at radius 3 is 2.71 bits per heavy atom. The molecule has 0 saturated carbocycles. The van der Waals surface area contributed by atoms with Crippen LogP contribution in [0.5, 0.6) is 0 Å². The van der Waals surface area contributed by atoms with E-state index in [0.717, 1.165) is 0 Å². The molecule has 7 nitrogen and oxygen atoms in total. The Hall–Kier alpha value is -3.27. The number of nitriles is 1. The minimum atomic E-state index is -1.65. The minimum Gasteiger partial charge on any atom is -0.466 e. The Morgan fingerprint density at radius 1 is 1.42 bits per heavy atom. The number of amides is 1. The molecule has 0 saturated heterocycles. The Bertz CT molecular complexity index is 878. The van der Waals surface area contributed by atoms with Crippen LogP contribution in [-0.2, 0) is 24.5 Å². The van der Waals surface area contributed by atoms with Gasteiger partial charge in [-0.25, -0.2) is 4.79 Å². The highest BCUT2D eigenvalue weighted by molar-refractivity contribution is 6.18. The maximum Gasteiger partial charge on any atom is 0.339 e. The van der Waals surface area contributed by atoms with E-state index >= 15 is 0 Å². The summed E-state index contributed by atoms with van der Waals surface area (Å²) in [5.41, 5.74) is 5.18. The number of methoxy groups -OCH3 is 1. The van der Waals surface area contributed by atoms with Gasteiger partial charge >= 0.3 is 5.97 Å². The first-order valence-electron chi connectivity index (χ1n) is 7.16. The van der Waals surface area contributed by atoms with Gasteiger partial charge in [0.25, 0.3) is 0 Å². The SMILES string of the molecule is COC(=O)C1=C(C)OC(N)=C(C#N)[C@]12C(=O)N(C)c1ccccc12. The lowest BCUT2D eigenvalue weighted by atomic mass is 9.68. The molecule has 0 aromatic heterocycles. The monoisotopic (exact) mass is 325 g/mol. The van der Waals surface area contributed by atoms with Crippen molar-refractivity contribution >= 4 is 17.6 Å². The van der Waals surface area contributed by atoms with Gasteiger partial charge in [-0.15, -0.1) is 0 Å². The Balaban J connectivity index is 2.48. The Labute approximate surface area is 138 Å². The molecule has 0 aliphatic carbocycles. The first-order valence-corrected chi connectivity index (χ1v) is 7.16. The van der Waals surface area contributed by atoms with E-state index in [1.165, 1.54) is 18.9 Å². The molecule has 122 valence electrons. The summed E-state index contributed by atoms with van der Waals surface area (Å²) in [7, 11) is 2.79.